The number of amides is 1. The molecule has 0 aliphatic heterocycles. The highest BCUT2D eigenvalue weighted by molar-refractivity contribution is 6.04. The first-order chi connectivity index (χ1) is 13.6. The molecule has 0 radical (unpaired) electrons. The number of aromatic carboxylic acids is 1. The zero-order valence-corrected chi connectivity index (χ0v) is 15.5. The van der Waals surface area contributed by atoms with E-state index in [9.17, 15) is 14.7 Å². The highest BCUT2D eigenvalue weighted by Gasteiger charge is 2.17. The van der Waals surface area contributed by atoms with Crippen LogP contribution in [0.2, 0.25) is 0 Å². The highest BCUT2D eigenvalue weighted by atomic mass is 16.5. The van der Waals surface area contributed by atoms with Crippen molar-refractivity contribution >= 4 is 11.9 Å². The van der Waals surface area contributed by atoms with Gasteiger partial charge in [-0.25, -0.2) is 4.79 Å². The lowest BCUT2D eigenvalue weighted by molar-refractivity contribution is 0.0697. The summed E-state index contributed by atoms with van der Waals surface area (Å²) in [6.07, 6.45) is 0.684. The van der Waals surface area contributed by atoms with Crippen LogP contribution in [0.15, 0.2) is 72.8 Å². The Kier molecular flexibility index (Phi) is 6.07. The zero-order valence-electron chi connectivity index (χ0n) is 15.5. The molecule has 0 fully saturated rings. The third kappa shape index (κ3) is 4.38. The van der Waals surface area contributed by atoms with Gasteiger partial charge in [0.05, 0.1) is 12.7 Å². The lowest BCUT2D eigenvalue weighted by Crippen LogP contribution is -2.26. The first-order valence-corrected chi connectivity index (χ1v) is 8.93. The summed E-state index contributed by atoms with van der Waals surface area (Å²) in [6.45, 7) is 0.472. The molecule has 3 aromatic carbocycles. The molecule has 3 rings (SSSR count). The summed E-state index contributed by atoms with van der Waals surface area (Å²) in [6, 6.07) is 21.4. The summed E-state index contributed by atoms with van der Waals surface area (Å²) >= 11 is 0. The van der Waals surface area contributed by atoms with Gasteiger partial charge in [0.2, 0.25) is 0 Å². The maximum absolute atomic E-state index is 12.7. The van der Waals surface area contributed by atoms with Crippen LogP contribution in [0.25, 0.3) is 11.1 Å². The van der Waals surface area contributed by atoms with E-state index in [0.717, 1.165) is 11.3 Å². The predicted molar refractivity (Wildman–Crippen MR) is 108 cm³/mol. The SMILES string of the molecule is COc1ccc(CCNC(=O)c2ccccc2-c2ccccc2C(=O)O)cc1. The Labute approximate surface area is 163 Å². The van der Waals surface area contributed by atoms with Crippen LogP contribution in [0.3, 0.4) is 0 Å². The minimum atomic E-state index is -1.02. The lowest BCUT2D eigenvalue weighted by atomic mass is 9.95. The Balaban J connectivity index is 1.75. The van der Waals surface area contributed by atoms with Gasteiger partial charge in [0, 0.05) is 12.1 Å². The minimum Gasteiger partial charge on any atom is -0.497 e. The van der Waals surface area contributed by atoms with Gasteiger partial charge >= 0.3 is 5.97 Å². The smallest absolute Gasteiger partial charge is 0.336 e. The van der Waals surface area contributed by atoms with Gasteiger partial charge in [-0.15, -0.1) is 0 Å². The number of methoxy groups -OCH3 is 1. The molecule has 0 saturated heterocycles. The summed E-state index contributed by atoms with van der Waals surface area (Å²) in [5.74, 6) is -0.464. The van der Waals surface area contributed by atoms with Gasteiger partial charge in [-0.05, 0) is 47.4 Å². The quantitative estimate of drug-likeness (QED) is 0.654. The molecule has 0 spiro atoms. The molecule has 0 aliphatic rings. The van der Waals surface area contributed by atoms with Crippen LogP contribution in [0.5, 0.6) is 5.75 Å². The maximum Gasteiger partial charge on any atom is 0.336 e. The number of benzene rings is 3. The van der Waals surface area contributed by atoms with Crippen LogP contribution in [-0.2, 0) is 6.42 Å². The van der Waals surface area contributed by atoms with Crippen LogP contribution in [0, 0.1) is 0 Å². The van der Waals surface area contributed by atoms with Crippen LogP contribution >= 0.6 is 0 Å². The molecule has 0 aliphatic carbocycles. The van der Waals surface area contributed by atoms with E-state index < -0.39 is 5.97 Å². The third-order valence-electron chi connectivity index (χ3n) is 4.48. The number of rotatable bonds is 7. The van der Waals surface area contributed by atoms with Crippen LogP contribution < -0.4 is 10.1 Å². The first kappa shape index (κ1) is 19.2. The summed E-state index contributed by atoms with van der Waals surface area (Å²) in [5.41, 5.74) is 2.83. The van der Waals surface area contributed by atoms with Crippen molar-refractivity contribution in [3.63, 3.8) is 0 Å². The maximum atomic E-state index is 12.7. The van der Waals surface area contributed by atoms with E-state index in [0.29, 0.717) is 29.7 Å². The van der Waals surface area contributed by atoms with Gasteiger partial charge in [0.25, 0.3) is 5.91 Å². The van der Waals surface area contributed by atoms with E-state index in [1.165, 1.54) is 6.07 Å². The number of hydrogen-bond donors (Lipinski definition) is 2. The topological polar surface area (TPSA) is 75.6 Å². The average molecular weight is 375 g/mol. The summed E-state index contributed by atoms with van der Waals surface area (Å²) in [5, 5.41) is 12.4. The molecule has 0 atom stereocenters. The van der Waals surface area contributed by atoms with E-state index in [4.69, 9.17) is 4.74 Å². The number of carbonyl (C=O) groups excluding carboxylic acids is 1. The van der Waals surface area contributed by atoms with E-state index in [1.807, 2.05) is 24.3 Å². The predicted octanol–water partition coefficient (Wildman–Crippen LogP) is 4.03. The zero-order chi connectivity index (χ0) is 19.9. The Hall–Kier alpha value is -3.60. The largest absolute Gasteiger partial charge is 0.497 e. The molecule has 3 aromatic rings. The summed E-state index contributed by atoms with van der Waals surface area (Å²) in [4.78, 5) is 24.3. The molecule has 0 heterocycles. The molecule has 142 valence electrons. The number of ether oxygens (including phenoxy) is 1. The number of carbonyl (C=O) groups is 2. The molecular weight excluding hydrogens is 354 g/mol. The fraction of sp³-hybridized carbons (Fsp3) is 0.130. The van der Waals surface area contributed by atoms with Crippen molar-refractivity contribution in [3.05, 3.63) is 89.5 Å². The van der Waals surface area contributed by atoms with Crippen molar-refractivity contribution in [1.29, 1.82) is 0 Å². The molecule has 5 heteroatoms. The minimum absolute atomic E-state index is 0.168. The number of carboxylic acids is 1. The fourth-order valence-electron chi connectivity index (χ4n) is 3.03. The van der Waals surface area contributed by atoms with Crippen molar-refractivity contribution < 1.29 is 19.4 Å². The summed E-state index contributed by atoms with van der Waals surface area (Å²) < 4.78 is 5.14. The van der Waals surface area contributed by atoms with Gasteiger partial charge in [-0.2, -0.15) is 0 Å². The van der Waals surface area contributed by atoms with Crippen molar-refractivity contribution in [2.45, 2.75) is 6.42 Å². The fourth-order valence-corrected chi connectivity index (χ4v) is 3.03. The molecule has 0 aromatic heterocycles. The molecule has 0 bridgehead atoms. The molecule has 0 unspecified atom stereocenters. The Morgan fingerprint density at radius 3 is 2.04 bits per heavy atom. The van der Waals surface area contributed by atoms with E-state index >= 15 is 0 Å². The molecule has 1 amide bonds. The molecule has 2 N–H and O–H groups in total. The second-order valence-corrected chi connectivity index (χ2v) is 6.25. The summed E-state index contributed by atoms with van der Waals surface area (Å²) in [7, 11) is 1.62. The Bertz CT molecular complexity index is 980. The van der Waals surface area contributed by atoms with Crippen molar-refractivity contribution in [2.24, 2.45) is 0 Å². The third-order valence-corrected chi connectivity index (χ3v) is 4.48. The molecule has 0 saturated carbocycles. The molecular formula is C23H21NO4. The van der Waals surface area contributed by atoms with Crippen LogP contribution in [0.4, 0.5) is 0 Å². The standard InChI is InChI=1S/C23H21NO4/c1-28-17-12-10-16(11-13-17)14-15-24-22(25)20-8-4-2-6-18(20)19-7-3-5-9-21(19)23(26)27/h2-13H,14-15H2,1H3,(H,24,25)(H,26,27). The Morgan fingerprint density at radius 2 is 1.43 bits per heavy atom. The number of nitrogens with one attached hydrogen (secondary N) is 1. The second-order valence-electron chi connectivity index (χ2n) is 6.25. The number of hydrogen-bond acceptors (Lipinski definition) is 3. The van der Waals surface area contributed by atoms with Gasteiger partial charge < -0.3 is 15.2 Å². The normalized spacial score (nSPS) is 10.3. The molecule has 5 nitrogen and oxygen atoms in total. The van der Waals surface area contributed by atoms with Gasteiger partial charge in [-0.1, -0.05) is 48.5 Å². The van der Waals surface area contributed by atoms with E-state index in [2.05, 4.69) is 5.32 Å². The monoisotopic (exact) mass is 375 g/mol. The highest BCUT2D eigenvalue weighted by Crippen LogP contribution is 2.27. The lowest BCUT2D eigenvalue weighted by Gasteiger charge is -2.12. The van der Waals surface area contributed by atoms with Crippen molar-refractivity contribution in [2.75, 3.05) is 13.7 Å². The molecule has 28 heavy (non-hydrogen) atoms. The van der Waals surface area contributed by atoms with Crippen molar-refractivity contribution in [1.82, 2.24) is 5.32 Å². The van der Waals surface area contributed by atoms with Crippen LogP contribution in [0.1, 0.15) is 26.3 Å². The van der Waals surface area contributed by atoms with Gasteiger partial charge in [0.15, 0.2) is 0 Å². The van der Waals surface area contributed by atoms with Crippen LogP contribution in [-0.4, -0.2) is 30.6 Å². The first-order valence-electron chi connectivity index (χ1n) is 8.93. The van der Waals surface area contributed by atoms with Gasteiger partial charge in [-0.3, -0.25) is 4.79 Å². The van der Waals surface area contributed by atoms with Gasteiger partial charge in [0.1, 0.15) is 5.75 Å². The van der Waals surface area contributed by atoms with E-state index in [-0.39, 0.29) is 11.5 Å². The van der Waals surface area contributed by atoms with Crippen molar-refractivity contribution in [3.8, 4) is 16.9 Å². The second kappa shape index (κ2) is 8.86. The number of carboxylic acid groups (broad SMARTS) is 1. The van der Waals surface area contributed by atoms with E-state index in [1.54, 1.807) is 49.6 Å². The Morgan fingerprint density at radius 1 is 0.857 bits per heavy atom. The average Bonchev–Trinajstić information content (AvgIpc) is 2.74.